The third-order valence-corrected chi connectivity index (χ3v) is 5.62. The second kappa shape index (κ2) is 8.23. The van der Waals surface area contributed by atoms with E-state index in [2.05, 4.69) is 22.5 Å². The van der Waals surface area contributed by atoms with Crippen LogP contribution in [-0.2, 0) is 21.4 Å². The number of nitrogens with one attached hydrogen (secondary N) is 1. The quantitative estimate of drug-likeness (QED) is 0.534. The van der Waals surface area contributed by atoms with E-state index in [4.69, 9.17) is 4.74 Å². The summed E-state index contributed by atoms with van der Waals surface area (Å²) in [6.45, 7) is 2.53. The lowest BCUT2D eigenvalue weighted by Crippen LogP contribution is -2.86. The standard InChI is InChI=1S/C21H24N4O4/c1-24-19-14(5-3-13-29-15-9-11-22-12-10-15)4-2-6-16(19)25(21(24)28)17-7-8-18(26)23-20(17)27/h2,4,6,15,17,22H,7-13H2,1H3,(H,23,26,27)/p+1. The van der Waals surface area contributed by atoms with Crippen molar-refractivity contribution in [2.75, 3.05) is 19.7 Å². The fraction of sp³-hybridized carbons (Fsp3) is 0.476. The molecule has 1 atom stereocenters. The first-order chi connectivity index (χ1) is 14.1. The van der Waals surface area contributed by atoms with Crippen molar-refractivity contribution in [3.05, 3.63) is 34.2 Å². The molecule has 0 saturated carbocycles. The highest BCUT2D eigenvalue weighted by Crippen LogP contribution is 2.24. The molecule has 3 N–H and O–H groups in total. The molecule has 8 heteroatoms. The maximum Gasteiger partial charge on any atom is 0.329 e. The molecule has 2 amide bonds. The molecule has 4 rings (SSSR count). The Hall–Kier alpha value is -2.89. The van der Waals surface area contributed by atoms with Gasteiger partial charge in [-0.05, 0) is 18.6 Å². The van der Waals surface area contributed by atoms with E-state index in [1.165, 1.54) is 9.13 Å². The van der Waals surface area contributed by atoms with E-state index in [9.17, 15) is 14.4 Å². The summed E-state index contributed by atoms with van der Waals surface area (Å²) >= 11 is 0. The highest BCUT2D eigenvalue weighted by atomic mass is 16.5. The highest BCUT2D eigenvalue weighted by Gasteiger charge is 2.31. The van der Waals surface area contributed by atoms with Crippen LogP contribution in [0, 0.1) is 11.8 Å². The van der Waals surface area contributed by atoms with Gasteiger partial charge in [0, 0.05) is 26.3 Å². The normalized spacial score (nSPS) is 20.4. The number of benzene rings is 1. The summed E-state index contributed by atoms with van der Waals surface area (Å²) in [5, 5.41) is 4.61. The minimum absolute atomic E-state index is 0.217. The monoisotopic (exact) mass is 397 g/mol. The predicted molar refractivity (Wildman–Crippen MR) is 106 cm³/mol. The van der Waals surface area contributed by atoms with Crippen molar-refractivity contribution in [3.63, 3.8) is 0 Å². The first-order valence-electron chi connectivity index (χ1n) is 10.0. The number of hydrogen-bond donors (Lipinski definition) is 2. The zero-order chi connectivity index (χ0) is 20.4. The molecule has 1 unspecified atom stereocenters. The Morgan fingerprint density at radius 3 is 2.76 bits per heavy atom. The third kappa shape index (κ3) is 3.84. The van der Waals surface area contributed by atoms with Crippen LogP contribution in [0.3, 0.4) is 0 Å². The van der Waals surface area contributed by atoms with E-state index in [-0.39, 0.29) is 24.1 Å². The Balaban J connectivity index is 1.62. The largest absolute Gasteiger partial charge is 0.365 e. The minimum atomic E-state index is -0.696. The van der Waals surface area contributed by atoms with Gasteiger partial charge in [0.2, 0.25) is 11.8 Å². The number of carbonyl (C=O) groups is 2. The van der Waals surface area contributed by atoms with Gasteiger partial charge in [0.1, 0.15) is 12.6 Å². The third-order valence-electron chi connectivity index (χ3n) is 5.62. The van der Waals surface area contributed by atoms with Gasteiger partial charge in [0.15, 0.2) is 0 Å². The maximum atomic E-state index is 12.9. The van der Waals surface area contributed by atoms with Crippen molar-refractivity contribution in [2.45, 2.75) is 37.8 Å². The van der Waals surface area contributed by atoms with Crippen molar-refractivity contribution in [1.29, 1.82) is 0 Å². The molecule has 0 radical (unpaired) electrons. The summed E-state index contributed by atoms with van der Waals surface area (Å²) in [5.41, 5.74) is 1.75. The fourth-order valence-electron chi connectivity index (χ4n) is 4.12. The number of imide groups is 1. The molecule has 0 bridgehead atoms. The topological polar surface area (TPSA) is 98.9 Å². The molecule has 1 aromatic carbocycles. The molecular weight excluding hydrogens is 372 g/mol. The number of fused-ring (bicyclic) bond motifs is 1. The number of rotatable bonds is 3. The molecule has 29 heavy (non-hydrogen) atoms. The van der Waals surface area contributed by atoms with Crippen LogP contribution >= 0.6 is 0 Å². The van der Waals surface area contributed by atoms with Gasteiger partial charge in [-0.2, -0.15) is 0 Å². The van der Waals surface area contributed by atoms with E-state index in [1.807, 2.05) is 12.1 Å². The van der Waals surface area contributed by atoms with Crippen molar-refractivity contribution in [1.82, 2.24) is 14.5 Å². The number of amides is 2. The summed E-state index contributed by atoms with van der Waals surface area (Å²) in [6.07, 6.45) is 2.88. The van der Waals surface area contributed by atoms with Crippen LogP contribution in [0.4, 0.5) is 0 Å². The van der Waals surface area contributed by atoms with Crippen LogP contribution < -0.4 is 16.3 Å². The number of carbonyl (C=O) groups excluding carboxylic acids is 2. The van der Waals surface area contributed by atoms with Gasteiger partial charge in [0.25, 0.3) is 0 Å². The molecule has 152 valence electrons. The zero-order valence-electron chi connectivity index (χ0n) is 16.4. The summed E-state index contributed by atoms with van der Waals surface area (Å²) < 4.78 is 8.83. The number of aromatic nitrogens is 2. The molecule has 8 nitrogen and oxygen atoms in total. The van der Waals surface area contributed by atoms with Crippen LogP contribution in [0.15, 0.2) is 23.0 Å². The van der Waals surface area contributed by atoms with Gasteiger partial charge < -0.3 is 10.1 Å². The molecule has 2 aliphatic heterocycles. The molecule has 2 aliphatic rings. The maximum absolute atomic E-state index is 12.9. The van der Waals surface area contributed by atoms with Crippen molar-refractivity contribution < 1.29 is 19.6 Å². The SMILES string of the molecule is Cn1c(=O)n(C2CCC(=O)NC2=O)c2cccc(C#CCOC3CC[NH2+]CC3)c21. The number of nitrogens with zero attached hydrogens (tertiary/aromatic N) is 2. The van der Waals surface area contributed by atoms with Gasteiger partial charge in [-0.3, -0.25) is 24.0 Å². The average Bonchev–Trinajstić information content (AvgIpc) is 2.98. The van der Waals surface area contributed by atoms with Crippen LogP contribution in [0.1, 0.15) is 37.3 Å². The second-order valence-corrected chi connectivity index (χ2v) is 7.53. The lowest BCUT2D eigenvalue weighted by atomic mass is 10.1. The Kier molecular flexibility index (Phi) is 5.51. The molecule has 0 aliphatic carbocycles. The molecule has 1 aromatic heterocycles. The van der Waals surface area contributed by atoms with Crippen LogP contribution in [0.2, 0.25) is 0 Å². The Morgan fingerprint density at radius 1 is 1.21 bits per heavy atom. The van der Waals surface area contributed by atoms with E-state index in [0.717, 1.165) is 25.9 Å². The minimum Gasteiger partial charge on any atom is -0.365 e. The Labute approximate surface area is 168 Å². The average molecular weight is 397 g/mol. The highest BCUT2D eigenvalue weighted by molar-refractivity contribution is 6.00. The van der Waals surface area contributed by atoms with E-state index in [0.29, 0.717) is 29.6 Å². The fourth-order valence-corrected chi connectivity index (χ4v) is 4.12. The van der Waals surface area contributed by atoms with E-state index < -0.39 is 11.9 Å². The molecule has 0 spiro atoms. The second-order valence-electron chi connectivity index (χ2n) is 7.53. The number of aryl methyl sites for hydroxylation is 1. The summed E-state index contributed by atoms with van der Waals surface area (Å²) in [4.78, 5) is 36.7. The molecule has 2 saturated heterocycles. The lowest BCUT2D eigenvalue weighted by molar-refractivity contribution is -0.665. The number of nitrogens with two attached hydrogens (primary N) is 1. The van der Waals surface area contributed by atoms with E-state index >= 15 is 0 Å². The molecule has 2 aromatic rings. The van der Waals surface area contributed by atoms with Crippen molar-refractivity contribution in [2.24, 2.45) is 7.05 Å². The first-order valence-corrected chi connectivity index (χ1v) is 10.0. The lowest BCUT2D eigenvalue weighted by Gasteiger charge is -2.21. The van der Waals surface area contributed by atoms with Crippen LogP contribution in [0.25, 0.3) is 11.0 Å². The zero-order valence-corrected chi connectivity index (χ0v) is 16.4. The van der Waals surface area contributed by atoms with Crippen LogP contribution in [0.5, 0.6) is 0 Å². The van der Waals surface area contributed by atoms with Gasteiger partial charge in [0.05, 0.1) is 35.8 Å². The Bertz CT molecular complexity index is 1070. The van der Waals surface area contributed by atoms with Crippen LogP contribution in [-0.4, -0.2) is 46.7 Å². The van der Waals surface area contributed by atoms with Crippen molar-refractivity contribution in [3.8, 4) is 11.8 Å². The summed E-state index contributed by atoms with van der Waals surface area (Å²) in [6, 6.07) is 4.80. The van der Waals surface area contributed by atoms with Crippen molar-refractivity contribution >= 4 is 22.8 Å². The molecule has 2 fully saturated rings. The number of piperidine rings is 2. The number of quaternary nitrogens is 1. The predicted octanol–water partition coefficient (Wildman–Crippen LogP) is -0.588. The van der Waals surface area contributed by atoms with Gasteiger partial charge in [-0.25, -0.2) is 4.79 Å². The molecular formula is C21H25N4O4+. The number of para-hydroxylation sites is 1. The Morgan fingerprint density at radius 2 is 2.00 bits per heavy atom. The first kappa shape index (κ1) is 19.4. The van der Waals surface area contributed by atoms with Gasteiger partial charge in [-0.1, -0.05) is 17.9 Å². The van der Waals surface area contributed by atoms with Gasteiger partial charge >= 0.3 is 5.69 Å². The summed E-state index contributed by atoms with van der Waals surface area (Å²) in [5.74, 6) is 5.44. The number of ether oxygens (including phenoxy) is 1. The molecule has 3 heterocycles. The summed E-state index contributed by atoms with van der Waals surface area (Å²) in [7, 11) is 1.67. The smallest absolute Gasteiger partial charge is 0.329 e. The number of imidazole rings is 1. The van der Waals surface area contributed by atoms with E-state index in [1.54, 1.807) is 13.1 Å². The van der Waals surface area contributed by atoms with Gasteiger partial charge in [-0.15, -0.1) is 0 Å². The number of hydrogen-bond acceptors (Lipinski definition) is 4.